The van der Waals surface area contributed by atoms with Gasteiger partial charge in [-0.05, 0) is 11.6 Å². The highest BCUT2D eigenvalue weighted by Gasteiger charge is 1.91. The first-order valence-electron chi connectivity index (χ1n) is 3.73. The monoisotopic (exact) mass is 164 g/mol. The van der Waals surface area contributed by atoms with E-state index < -0.39 is 0 Å². The predicted octanol–water partition coefficient (Wildman–Crippen LogP) is 1.06. The van der Waals surface area contributed by atoms with Crippen LogP contribution in [-0.2, 0) is 0 Å². The molecule has 12 heavy (non-hydrogen) atoms. The van der Waals surface area contributed by atoms with Crippen molar-refractivity contribution in [2.75, 3.05) is 13.7 Å². The molecule has 0 aliphatic rings. The van der Waals surface area contributed by atoms with Crippen molar-refractivity contribution in [2.45, 2.75) is 0 Å². The van der Waals surface area contributed by atoms with E-state index in [0.717, 1.165) is 5.56 Å². The summed E-state index contributed by atoms with van der Waals surface area (Å²) in [5, 5.41) is 0. The molecule has 0 radical (unpaired) electrons. The Hall–Kier alpha value is -1.35. The first kappa shape index (κ1) is 8.74. The van der Waals surface area contributed by atoms with Crippen LogP contribution in [0, 0.1) is 0 Å². The quantitative estimate of drug-likeness (QED) is 0.726. The van der Waals surface area contributed by atoms with Crippen LogP contribution in [-0.4, -0.2) is 18.6 Å². The molecule has 0 aliphatic heterocycles. The zero-order chi connectivity index (χ0) is 8.81. The smallest absolute Gasteiger partial charge is 0.213 e. The van der Waals surface area contributed by atoms with Gasteiger partial charge in [0.05, 0.1) is 7.11 Å². The zero-order valence-corrected chi connectivity index (χ0v) is 7.03. The van der Waals surface area contributed by atoms with Crippen LogP contribution in [0.15, 0.2) is 24.4 Å². The molecule has 3 nitrogen and oxygen atoms in total. The van der Waals surface area contributed by atoms with Gasteiger partial charge in [-0.3, -0.25) is 0 Å². The fraction of sp³-hybridized carbons (Fsp3) is 0.222. The molecule has 0 aromatic carbocycles. The second kappa shape index (κ2) is 4.51. The van der Waals surface area contributed by atoms with Crippen LogP contribution in [0.3, 0.4) is 0 Å². The van der Waals surface area contributed by atoms with Crippen molar-refractivity contribution in [1.29, 1.82) is 0 Å². The minimum absolute atomic E-state index is 0.546. The molecule has 2 N–H and O–H groups in total. The minimum atomic E-state index is 0.546. The number of rotatable bonds is 3. The Kier molecular flexibility index (Phi) is 3.29. The number of aromatic nitrogens is 1. The van der Waals surface area contributed by atoms with E-state index in [-0.39, 0.29) is 0 Å². The van der Waals surface area contributed by atoms with E-state index in [2.05, 4.69) is 4.98 Å². The SMILES string of the molecule is COc1cc(/C=C/CN)ccn1. The average molecular weight is 164 g/mol. The summed E-state index contributed by atoms with van der Waals surface area (Å²) in [7, 11) is 1.60. The van der Waals surface area contributed by atoms with Crippen LogP contribution in [0.25, 0.3) is 6.08 Å². The van der Waals surface area contributed by atoms with Crippen molar-refractivity contribution in [2.24, 2.45) is 5.73 Å². The van der Waals surface area contributed by atoms with E-state index in [4.69, 9.17) is 10.5 Å². The van der Waals surface area contributed by atoms with E-state index in [9.17, 15) is 0 Å². The van der Waals surface area contributed by atoms with Crippen molar-refractivity contribution >= 4 is 6.08 Å². The summed E-state index contributed by atoms with van der Waals surface area (Å²) in [6, 6.07) is 3.75. The average Bonchev–Trinajstić information content (AvgIpc) is 2.15. The summed E-state index contributed by atoms with van der Waals surface area (Å²) >= 11 is 0. The molecule has 0 bridgehead atoms. The molecule has 0 saturated heterocycles. The number of nitrogens with zero attached hydrogens (tertiary/aromatic N) is 1. The molecular weight excluding hydrogens is 152 g/mol. The van der Waals surface area contributed by atoms with Crippen LogP contribution >= 0.6 is 0 Å². The topological polar surface area (TPSA) is 48.1 Å². The predicted molar refractivity (Wildman–Crippen MR) is 48.9 cm³/mol. The van der Waals surface area contributed by atoms with Gasteiger partial charge in [-0.25, -0.2) is 4.98 Å². The Bertz CT molecular complexity index is 271. The second-order valence-corrected chi connectivity index (χ2v) is 2.27. The van der Waals surface area contributed by atoms with E-state index in [1.54, 1.807) is 13.3 Å². The number of hydrogen-bond donors (Lipinski definition) is 1. The molecule has 0 amide bonds. The molecule has 0 aliphatic carbocycles. The van der Waals surface area contributed by atoms with E-state index in [0.29, 0.717) is 12.4 Å². The number of methoxy groups -OCH3 is 1. The minimum Gasteiger partial charge on any atom is -0.481 e. The zero-order valence-electron chi connectivity index (χ0n) is 7.03. The Balaban J connectivity index is 2.79. The molecule has 1 heterocycles. The first-order chi connectivity index (χ1) is 5.86. The van der Waals surface area contributed by atoms with Gasteiger partial charge in [0, 0.05) is 18.8 Å². The molecule has 0 saturated carbocycles. The van der Waals surface area contributed by atoms with Crippen molar-refractivity contribution in [3.05, 3.63) is 30.0 Å². The number of nitrogens with two attached hydrogens (primary N) is 1. The van der Waals surface area contributed by atoms with Crippen LogP contribution in [0.4, 0.5) is 0 Å². The third-order valence-electron chi connectivity index (χ3n) is 1.41. The molecular formula is C9H12N2O. The van der Waals surface area contributed by atoms with Crippen molar-refractivity contribution in [1.82, 2.24) is 4.98 Å². The molecule has 1 aromatic heterocycles. The molecule has 64 valence electrons. The fourth-order valence-electron chi connectivity index (χ4n) is 0.844. The summed E-state index contributed by atoms with van der Waals surface area (Å²) < 4.78 is 4.96. The third kappa shape index (κ3) is 2.36. The van der Waals surface area contributed by atoms with Crippen LogP contribution < -0.4 is 10.5 Å². The third-order valence-corrected chi connectivity index (χ3v) is 1.41. The standard InChI is InChI=1S/C9H12N2O/c1-12-9-7-8(3-2-5-10)4-6-11-9/h2-4,6-7H,5,10H2,1H3/b3-2+. The molecule has 1 aromatic rings. The van der Waals surface area contributed by atoms with Gasteiger partial charge < -0.3 is 10.5 Å². The lowest BCUT2D eigenvalue weighted by molar-refractivity contribution is 0.398. The maximum Gasteiger partial charge on any atom is 0.213 e. The largest absolute Gasteiger partial charge is 0.481 e. The van der Waals surface area contributed by atoms with Crippen molar-refractivity contribution in [3.8, 4) is 5.88 Å². The van der Waals surface area contributed by atoms with Gasteiger partial charge in [0.15, 0.2) is 0 Å². The summed E-state index contributed by atoms with van der Waals surface area (Å²) in [6.45, 7) is 0.546. The first-order valence-corrected chi connectivity index (χ1v) is 3.73. The number of hydrogen-bond acceptors (Lipinski definition) is 3. The Labute approximate surface area is 71.9 Å². The summed E-state index contributed by atoms with van der Waals surface area (Å²) in [4.78, 5) is 3.98. The fourth-order valence-corrected chi connectivity index (χ4v) is 0.844. The maximum atomic E-state index is 5.31. The number of pyridine rings is 1. The molecule has 1 rings (SSSR count). The second-order valence-electron chi connectivity index (χ2n) is 2.27. The van der Waals surface area contributed by atoms with Crippen LogP contribution in [0.1, 0.15) is 5.56 Å². The lowest BCUT2D eigenvalue weighted by Crippen LogP contribution is -1.92. The van der Waals surface area contributed by atoms with Gasteiger partial charge in [0.1, 0.15) is 0 Å². The van der Waals surface area contributed by atoms with Gasteiger partial charge in [-0.2, -0.15) is 0 Å². The highest BCUT2D eigenvalue weighted by molar-refractivity contribution is 5.49. The number of ether oxygens (including phenoxy) is 1. The Morgan fingerprint density at radius 1 is 1.67 bits per heavy atom. The van der Waals surface area contributed by atoms with Gasteiger partial charge >= 0.3 is 0 Å². The highest BCUT2D eigenvalue weighted by atomic mass is 16.5. The van der Waals surface area contributed by atoms with Gasteiger partial charge in [0.25, 0.3) is 0 Å². The summed E-state index contributed by atoms with van der Waals surface area (Å²) in [5.41, 5.74) is 6.36. The summed E-state index contributed by atoms with van der Waals surface area (Å²) in [5.74, 6) is 0.620. The van der Waals surface area contributed by atoms with E-state index >= 15 is 0 Å². The summed E-state index contributed by atoms with van der Waals surface area (Å²) in [6.07, 6.45) is 5.52. The molecule has 3 heteroatoms. The van der Waals surface area contributed by atoms with Gasteiger partial charge in [0.2, 0.25) is 5.88 Å². The van der Waals surface area contributed by atoms with E-state index in [1.807, 2.05) is 24.3 Å². The van der Waals surface area contributed by atoms with E-state index in [1.165, 1.54) is 0 Å². The lowest BCUT2D eigenvalue weighted by atomic mass is 10.2. The van der Waals surface area contributed by atoms with Crippen molar-refractivity contribution in [3.63, 3.8) is 0 Å². The molecule has 0 unspecified atom stereocenters. The maximum absolute atomic E-state index is 5.31. The highest BCUT2D eigenvalue weighted by Crippen LogP contribution is 2.09. The molecule has 0 fully saturated rings. The lowest BCUT2D eigenvalue weighted by Gasteiger charge is -1.98. The Morgan fingerprint density at radius 2 is 2.50 bits per heavy atom. The van der Waals surface area contributed by atoms with Crippen molar-refractivity contribution < 1.29 is 4.74 Å². The van der Waals surface area contributed by atoms with Gasteiger partial charge in [-0.15, -0.1) is 0 Å². The molecule has 0 atom stereocenters. The van der Waals surface area contributed by atoms with Crippen LogP contribution in [0.5, 0.6) is 5.88 Å². The normalized spacial score (nSPS) is 10.5. The van der Waals surface area contributed by atoms with Gasteiger partial charge in [-0.1, -0.05) is 12.2 Å². The van der Waals surface area contributed by atoms with Crippen LogP contribution in [0.2, 0.25) is 0 Å². The molecule has 0 spiro atoms. The Morgan fingerprint density at radius 3 is 3.17 bits per heavy atom.